The van der Waals surface area contributed by atoms with Crippen LogP contribution < -0.4 is 0 Å². The van der Waals surface area contributed by atoms with Crippen LogP contribution in [0.2, 0.25) is 5.28 Å². The van der Waals surface area contributed by atoms with Crippen LogP contribution in [-0.4, -0.2) is 19.6 Å². The molecule has 0 radical (unpaired) electrons. The van der Waals surface area contributed by atoms with Crippen LogP contribution in [0.25, 0.3) is 27.9 Å². The summed E-state index contributed by atoms with van der Waals surface area (Å²) in [7, 11) is 0. The highest BCUT2D eigenvalue weighted by Gasteiger charge is 2.16. The van der Waals surface area contributed by atoms with Crippen LogP contribution in [0.5, 0.6) is 0 Å². The van der Waals surface area contributed by atoms with Gasteiger partial charge in [0.1, 0.15) is 5.82 Å². The minimum Gasteiger partial charge on any atom is -0.218 e. The summed E-state index contributed by atoms with van der Waals surface area (Å²) in [6, 6.07) is 13.2. The van der Waals surface area contributed by atoms with Gasteiger partial charge in [-0.25, -0.2) is 14.4 Å². The molecule has 0 atom stereocenters. The van der Waals surface area contributed by atoms with Crippen molar-refractivity contribution >= 4 is 28.2 Å². The van der Waals surface area contributed by atoms with Gasteiger partial charge in [-0.1, -0.05) is 18.2 Å². The monoisotopic (exact) mass is 323 g/mol. The molecule has 110 valence electrons. The Labute approximate surface area is 134 Å². The van der Waals surface area contributed by atoms with Gasteiger partial charge in [0.25, 0.3) is 0 Å². The summed E-state index contributed by atoms with van der Waals surface area (Å²) >= 11 is 6.16. The number of halogens is 2. The fourth-order valence-corrected chi connectivity index (χ4v) is 2.67. The van der Waals surface area contributed by atoms with E-state index in [9.17, 15) is 9.65 Å². The molecule has 23 heavy (non-hydrogen) atoms. The predicted octanol–water partition coefficient (Wildman–Crippen LogP) is 3.61. The highest BCUT2D eigenvalue weighted by Crippen LogP contribution is 2.26. The molecule has 2 aromatic heterocycles. The van der Waals surface area contributed by atoms with Crippen molar-refractivity contribution in [3.05, 3.63) is 59.1 Å². The average Bonchev–Trinajstić information content (AvgIpc) is 3.00. The molecule has 5 nitrogen and oxygen atoms in total. The SMILES string of the molecule is N#Cc1cccc2nc(Cl)n3nc(-c4cccc(F)c4)nc3c12. The zero-order chi connectivity index (χ0) is 16.0. The number of rotatable bonds is 1. The first-order valence-electron chi connectivity index (χ1n) is 6.68. The highest BCUT2D eigenvalue weighted by atomic mass is 35.5. The minimum atomic E-state index is -0.381. The van der Waals surface area contributed by atoms with Crippen LogP contribution in [0.15, 0.2) is 42.5 Å². The Balaban J connectivity index is 2.11. The molecule has 2 aromatic carbocycles. The third kappa shape index (κ3) is 2.10. The first-order valence-corrected chi connectivity index (χ1v) is 7.06. The zero-order valence-corrected chi connectivity index (χ0v) is 12.3. The van der Waals surface area contributed by atoms with E-state index >= 15 is 0 Å². The maximum absolute atomic E-state index is 13.4. The molecule has 0 N–H and O–H groups in total. The van der Waals surface area contributed by atoms with Crippen molar-refractivity contribution in [3.63, 3.8) is 0 Å². The lowest BCUT2D eigenvalue weighted by atomic mass is 10.1. The van der Waals surface area contributed by atoms with E-state index in [1.54, 1.807) is 30.3 Å². The van der Waals surface area contributed by atoms with Gasteiger partial charge in [-0.2, -0.15) is 9.78 Å². The Morgan fingerprint density at radius 1 is 1.13 bits per heavy atom. The van der Waals surface area contributed by atoms with Crippen LogP contribution in [0.3, 0.4) is 0 Å². The van der Waals surface area contributed by atoms with Gasteiger partial charge in [-0.15, -0.1) is 5.10 Å². The van der Waals surface area contributed by atoms with E-state index in [1.165, 1.54) is 16.6 Å². The largest absolute Gasteiger partial charge is 0.226 e. The van der Waals surface area contributed by atoms with E-state index in [0.29, 0.717) is 33.5 Å². The van der Waals surface area contributed by atoms with Crippen molar-refractivity contribution in [2.24, 2.45) is 0 Å². The van der Waals surface area contributed by atoms with E-state index in [-0.39, 0.29) is 11.1 Å². The summed E-state index contributed by atoms with van der Waals surface area (Å²) in [5.74, 6) is -0.0680. The molecule has 0 spiro atoms. The van der Waals surface area contributed by atoms with E-state index < -0.39 is 0 Å². The van der Waals surface area contributed by atoms with Crippen LogP contribution in [-0.2, 0) is 0 Å². The standard InChI is InChI=1S/C16H7ClFN5/c17-16-20-12-6-2-4-10(8-19)13(12)15-21-14(22-23(15)16)9-3-1-5-11(18)7-9/h1-7H. The minimum absolute atomic E-state index is 0.123. The lowest BCUT2D eigenvalue weighted by Gasteiger charge is -2.02. The lowest BCUT2D eigenvalue weighted by Crippen LogP contribution is -1.96. The summed E-state index contributed by atoms with van der Waals surface area (Å²) in [5.41, 5.74) is 1.92. The average molecular weight is 324 g/mol. The van der Waals surface area contributed by atoms with Crippen molar-refractivity contribution in [2.45, 2.75) is 0 Å². The molecule has 0 saturated carbocycles. The fourth-order valence-electron chi connectivity index (χ4n) is 2.46. The van der Waals surface area contributed by atoms with Crippen molar-refractivity contribution in [2.75, 3.05) is 0 Å². The van der Waals surface area contributed by atoms with Crippen LogP contribution in [0.4, 0.5) is 4.39 Å². The Morgan fingerprint density at radius 3 is 2.74 bits per heavy atom. The second kappa shape index (κ2) is 5.00. The Kier molecular flexibility index (Phi) is 2.96. The van der Waals surface area contributed by atoms with Gasteiger partial charge in [-0.3, -0.25) is 0 Å². The summed E-state index contributed by atoms with van der Waals surface area (Å²) in [6.07, 6.45) is 0. The molecule has 0 aliphatic rings. The normalized spacial score (nSPS) is 11.0. The van der Waals surface area contributed by atoms with Crippen LogP contribution in [0.1, 0.15) is 5.56 Å². The summed E-state index contributed by atoms with van der Waals surface area (Å²) in [6.45, 7) is 0. The molecule has 0 fully saturated rings. The number of nitrogens with zero attached hydrogens (tertiary/aromatic N) is 5. The Hall–Kier alpha value is -3.04. The molecular weight excluding hydrogens is 317 g/mol. The van der Waals surface area contributed by atoms with E-state index in [1.807, 2.05) is 0 Å². The first kappa shape index (κ1) is 13.6. The van der Waals surface area contributed by atoms with Crippen LogP contribution >= 0.6 is 11.6 Å². The van der Waals surface area contributed by atoms with Gasteiger partial charge in [0.2, 0.25) is 5.28 Å². The van der Waals surface area contributed by atoms with E-state index in [2.05, 4.69) is 21.1 Å². The van der Waals surface area contributed by atoms with Crippen molar-refractivity contribution < 1.29 is 4.39 Å². The Morgan fingerprint density at radius 2 is 1.96 bits per heavy atom. The zero-order valence-electron chi connectivity index (χ0n) is 11.5. The summed E-state index contributed by atoms with van der Waals surface area (Å²) < 4.78 is 14.8. The maximum Gasteiger partial charge on any atom is 0.226 e. The second-order valence-corrected chi connectivity index (χ2v) is 5.21. The fraction of sp³-hybridized carbons (Fsp3) is 0. The highest BCUT2D eigenvalue weighted by molar-refractivity contribution is 6.29. The number of hydrogen-bond acceptors (Lipinski definition) is 4. The van der Waals surface area contributed by atoms with Gasteiger partial charge in [-0.05, 0) is 35.9 Å². The topological polar surface area (TPSA) is 66.9 Å². The summed E-state index contributed by atoms with van der Waals surface area (Å²) in [4.78, 5) is 8.67. The maximum atomic E-state index is 13.4. The van der Waals surface area contributed by atoms with E-state index in [0.717, 1.165) is 0 Å². The number of fused-ring (bicyclic) bond motifs is 3. The van der Waals surface area contributed by atoms with Crippen LogP contribution in [0, 0.1) is 17.1 Å². The van der Waals surface area contributed by atoms with Gasteiger partial charge in [0.15, 0.2) is 11.5 Å². The van der Waals surface area contributed by atoms with Gasteiger partial charge in [0, 0.05) is 5.56 Å². The number of aromatic nitrogens is 4. The predicted molar refractivity (Wildman–Crippen MR) is 83.4 cm³/mol. The van der Waals surface area contributed by atoms with Gasteiger partial charge in [0.05, 0.1) is 22.5 Å². The van der Waals surface area contributed by atoms with Gasteiger partial charge < -0.3 is 0 Å². The first-order chi connectivity index (χ1) is 11.2. The third-order valence-electron chi connectivity index (χ3n) is 3.46. The molecule has 4 aromatic rings. The molecule has 2 heterocycles. The van der Waals surface area contributed by atoms with Crippen molar-refractivity contribution in [1.29, 1.82) is 5.26 Å². The molecule has 0 aliphatic carbocycles. The van der Waals surface area contributed by atoms with Crippen molar-refractivity contribution in [3.8, 4) is 17.5 Å². The lowest BCUT2D eigenvalue weighted by molar-refractivity contribution is 0.628. The molecule has 0 aliphatic heterocycles. The van der Waals surface area contributed by atoms with E-state index in [4.69, 9.17) is 11.6 Å². The number of nitriles is 1. The molecule has 4 rings (SSSR count). The van der Waals surface area contributed by atoms with Gasteiger partial charge >= 0.3 is 0 Å². The molecule has 0 saturated heterocycles. The number of hydrogen-bond donors (Lipinski definition) is 0. The molecule has 0 bridgehead atoms. The third-order valence-corrected chi connectivity index (χ3v) is 3.71. The quantitative estimate of drug-likeness (QED) is 0.502. The molecular formula is C16H7ClFN5. The Bertz CT molecular complexity index is 1110. The second-order valence-electron chi connectivity index (χ2n) is 4.87. The smallest absolute Gasteiger partial charge is 0.218 e. The number of benzene rings is 2. The summed E-state index contributed by atoms with van der Waals surface area (Å²) in [5, 5.41) is 14.3. The molecule has 0 unspecified atom stereocenters. The molecule has 0 amide bonds. The molecule has 7 heteroatoms. The van der Waals surface area contributed by atoms with Crippen molar-refractivity contribution in [1.82, 2.24) is 19.6 Å².